The van der Waals surface area contributed by atoms with Crippen LogP contribution in [0.5, 0.6) is 11.6 Å². The van der Waals surface area contributed by atoms with Crippen LogP contribution in [0, 0.1) is 0 Å². The Labute approximate surface area is 112 Å². The van der Waals surface area contributed by atoms with Gasteiger partial charge in [-0.2, -0.15) is 4.98 Å². The third-order valence-corrected chi connectivity index (χ3v) is 2.82. The largest absolute Gasteiger partial charge is 0.435 e. The van der Waals surface area contributed by atoms with Gasteiger partial charge in [0, 0.05) is 5.02 Å². The molecule has 0 aliphatic carbocycles. The lowest BCUT2D eigenvalue weighted by atomic mass is 10.3. The molecule has 0 amide bonds. The standard InChI is InChI=1S/C11H6Cl2N4O/c12-6-1-2-8(7(13)3-6)18-11-9-10(15-4-14-9)16-5-17-11/h1-5H,(H,14,15,16,17). The molecule has 5 nitrogen and oxygen atoms in total. The number of H-pyrrole nitrogens is 1. The van der Waals surface area contributed by atoms with E-state index in [9.17, 15) is 0 Å². The van der Waals surface area contributed by atoms with E-state index in [2.05, 4.69) is 19.9 Å². The molecular weight excluding hydrogens is 275 g/mol. The fourth-order valence-electron chi connectivity index (χ4n) is 1.48. The molecule has 3 rings (SSSR count). The van der Waals surface area contributed by atoms with Crippen molar-refractivity contribution in [2.24, 2.45) is 0 Å². The Morgan fingerprint density at radius 1 is 1.11 bits per heavy atom. The minimum absolute atomic E-state index is 0.363. The monoisotopic (exact) mass is 280 g/mol. The first-order chi connectivity index (χ1) is 8.74. The molecule has 2 heterocycles. The second-order valence-electron chi connectivity index (χ2n) is 3.46. The predicted molar refractivity (Wildman–Crippen MR) is 68.2 cm³/mol. The van der Waals surface area contributed by atoms with Crippen molar-refractivity contribution in [1.82, 2.24) is 19.9 Å². The molecule has 0 radical (unpaired) electrons. The zero-order chi connectivity index (χ0) is 12.5. The first-order valence-corrected chi connectivity index (χ1v) is 5.76. The van der Waals surface area contributed by atoms with E-state index in [-0.39, 0.29) is 0 Å². The van der Waals surface area contributed by atoms with Crippen molar-refractivity contribution in [3.05, 3.63) is 40.9 Å². The number of hydrogen-bond acceptors (Lipinski definition) is 4. The first kappa shape index (κ1) is 11.3. The predicted octanol–water partition coefficient (Wildman–Crippen LogP) is 3.45. The van der Waals surface area contributed by atoms with Gasteiger partial charge in [-0.05, 0) is 18.2 Å². The first-order valence-electron chi connectivity index (χ1n) is 5.01. The minimum atomic E-state index is 0.363. The molecule has 2 aromatic heterocycles. The molecule has 0 spiro atoms. The number of halogens is 2. The lowest BCUT2D eigenvalue weighted by Crippen LogP contribution is -1.91. The molecule has 0 bridgehead atoms. The molecule has 0 saturated carbocycles. The number of fused-ring (bicyclic) bond motifs is 1. The van der Waals surface area contributed by atoms with Crippen molar-refractivity contribution in [2.75, 3.05) is 0 Å². The van der Waals surface area contributed by atoms with Gasteiger partial charge in [0.15, 0.2) is 5.65 Å². The summed E-state index contributed by atoms with van der Waals surface area (Å²) in [5.74, 6) is 0.831. The highest BCUT2D eigenvalue weighted by molar-refractivity contribution is 6.35. The van der Waals surface area contributed by atoms with E-state index in [0.29, 0.717) is 32.8 Å². The van der Waals surface area contributed by atoms with Crippen LogP contribution in [-0.4, -0.2) is 19.9 Å². The number of imidazole rings is 1. The van der Waals surface area contributed by atoms with Crippen molar-refractivity contribution in [3.63, 3.8) is 0 Å². The number of nitrogens with zero attached hydrogens (tertiary/aromatic N) is 3. The third-order valence-electron chi connectivity index (χ3n) is 2.29. The molecule has 3 aromatic rings. The Morgan fingerprint density at radius 3 is 2.83 bits per heavy atom. The lowest BCUT2D eigenvalue weighted by molar-refractivity contribution is 0.467. The normalized spacial score (nSPS) is 10.8. The molecule has 0 aliphatic rings. The van der Waals surface area contributed by atoms with Crippen LogP contribution in [0.3, 0.4) is 0 Å². The van der Waals surface area contributed by atoms with Crippen molar-refractivity contribution < 1.29 is 4.74 Å². The quantitative estimate of drug-likeness (QED) is 0.781. The number of ether oxygens (including phenoxy) is 1. The lowest BCUT2D eigenvalue weighted by Gasteiger charge is -2.06. The molecule has 0 fully saturated rings. The average molecular weight is 281 g/mol. The van der Waals surface area contributed by atoms with Crippen molar-refractivity contribution in [3.8, 4) is 11.6 Å². The highest BCUT2D eigenvalue weighted by Gasteiger charge is 2.10. The van der Waals surface area contributed by atoms with E-state index in [1.807, 2.05) is 0 Å². The third kappa shape index (κ3) is 1.98. The smallest absolute Gasteiger partial charge is 0.248 e. The van der Waals surface area contributed by atoms with Crippen LogP contribution in [0.25, 0.3) is 11.2 Å². The summed E-state index contributed by atoms with van der Waals surface area (Å²) in [4.78, 5) is 15.0. The number of rotatable bonds is 2. The topological polar surface area (TPSA) is 63.7 Å². The summed E-state index contributed by atoms with van der Waals surface area (Å²) in [5.41, 5.74) is 1.15. The Bertz CT molecular complexity index is 713. The summed E-state index contributed by atoms with van der Waals surface area (Å²) in [6.07, 6.45) is 2.90. The van der Waals surface area contributed by atoms with Gasteiger partial charge < -0.3 is 9.72 Å². The van der Waals surface area contributed by atoms with Crippen LogP contribution < -0.4 is 4.74 Å². The molecule has 0 unspecified atom stereocenters. The highest BCUT2D eigenvalue weighted by atomic mass is 35.5. The van der Waals surface area contributed by atoms with E-state index < -0.39 is 0 Å². The van der Waals surface area contributed by atoms with Crippen LogP contribution in [0.1, 0.15) is 0 Å². The van der Waals surface area contributed by atoms with Gasteiger partial charge in [0.1, 0.15) is 17.6 Å². The number of nitrogens with one attached hydrogen (secondary N) is 1. The SMILES string of the molecule is Clc1ccc(Oc2ncnc3nc[nH]c23)c(Cl)c1. The van der Waals surface area contributed by atoms with Crippen molar-refractivity contribution >= 4 is 34.4 Å². The van der Waals surface area contributed by atoms with E-state index in [4.69, 9.17) is 27.9 Å². The second-order valence-corrected chi connectivity index (χ2v) is 4.30. The maximum atomic E-state index is 6.03. The van der Waals surface area contributed by atoms with Gasteiger partial charge in [0.25, 0.3) is 0 Å². The summed E-state index contributed by atoms with van der Waals surface area (Å²) in [7, 11) is 0. The number of hydrogen-bond donors (Lipinski definition) is 1. The van der Waals surface area contributed by atoms with Crippen LogP contribution in [0.4, 0.5) is 0 Å². The highest BCUT2D eigenvalue weighted by Crippen LogP contribution is 2.32. The maximum Gasteiger partial charge on any atom is 0.248 e. The van der Waals surface area contributed by atoms with Crippen molar-refractivity contribution in [1.29, 1.82) is 0 Å². The molecule has 0 saturated heterocycles. The zero-order valence-corrected chi connectivity index (χ0v) is 10.4. The van der Waals surface area contributed by atoms with Gasteiger partial charge in [0.2, 0.25) is 5.88 Å². The fraction of sp³-hybridized carbons (Fsp3) is 0. The van der Waals surface area contributed by atoms with E-state index in [1.165, 1.54) is 12.7 Å². The van der Waals surface area contributed by atoms with E-state index in [1.54, 1.807) is 18.2 Å². The molecule has 0 atom stereocenters. The summed E-state index contributed by atoms with van der Waals surface area (Å²) in [6, 6.07) is 4.97. The van der Waals surface area contributed by atoms with Crippen molar-refractivity contribution in [2.45, 2.75) is 0 Å². The summed E-state index contributed by atoms with van der Waals surface area (Å²) < 4.78 is 5.62. The molecule has 90 valence electrons. The Balaban J connectivity index is 2.03. The van der Waals surface area contributed by atoms with E-state index >= 15 is 0 Å². The molecule has 18 heavy (non-hydrogen) atoms. The molecule has 7 heteroatoms. The second kappa shape index (κ2) is 4.44. The molecular formula is C11H6Cl2N4O. The Hall–Kier alpha value is -1.85. The van der Waals surface area contributed by atoms with Gasteiger partial charge >= 0.3 is 0 Å². The summed E-state index contributed by atoms with van der Waals surface area (Å²) in [6.45, 7) is 0. The average Bonchev–Trinajstić information content (AvgIpc) is 2.82. The van der Waals surface area contributed by atoms with Gasteiger partial charge in [-0.25, -0.2) is 9.97 Å². The summed E-state index contributed by atoms with van der Waals surface area (Å²) >= 11 is 11.8. The van der Waals surface area contributed by atoms with Gasteiger partial charge in [0.05, 0.1) is 11.3 Å². The van der Waals surface area contributed by atoms with Gasteiger partial charge in [-0.15, -0.1) is 0 Å². The maximum absolute atomic E-state index is 6.03. The van der Waals surface area contributed by atoms with Gasteiger partial charge in [-0.3, -0.25) is 0 Å². The summed E-state index contributed by atoms with van der Waals surface area (Å²) in [5, 5.41) is 0.954. The number of aromatic amines is 1. The number of aromatic nitrogens is 4. The Kier molecular flexibility index (Phi) is 2.77. The number of benzene rings is 1. The fourth-order valence-corrected chi connectivity index (χ4v) is 1.93. The van der Waals surface area contributed by atoms with Crippen LogP contribution in [0.15, 0.2) is 30.9 Å². The molecule has 1 N–H and O–H groups in total. The zero-order valence-electron chi connectivity index (χ0n) is 8.89. The van der Waals surface area contributed by atoms with E-state index in [0.717, 1.165) is 0 Å². The van der Waals surface area contributed by atoms with Crippen LogP contribution in [0.2, 0.25) is 10.0 Å². The van der Waals surface area contributed by atoms with Crippen LogP contribution >= 0.6 is 23.2 Å². The Morgan fingerprint density at radius 2 is 2.00 bits per heavy atom. The molecule has 1 aromatic carbocycles. The molecule has 0 aliphatic heterocycles. The minimum Gasteiger partial charge on any atom is -0.435 e. The van der Waals surface area contributed by atoms with Gasteiger partial charge in [-0.1, -0.05) is 23.2 Å². The van der Waals surface area contributed by atoms with Crippen LogP contribution in [-0.2, 0) is 0 Å².